The van der Waals surface area contributed by atoms with Crippen LogP contribution >= 0.6 is 0 Å². The molecule has 0 aliphatic heterocycles. The van der Waals surface area contributed by atoms with E-state index in [2.05, 4.69) is 6.92 Å². The highest BCUT2D eigenvalue weighted by atomic mass is 28.2. The second-order valence-corrected chi connectivity index (χ2v) is 7.66. The quantitative estimate of drug-likeness (QED) is 0.722. The summed E-state index contributed by atoms with van der Waals surface area (Å²) in [7, 11) is 0.544. The van der Waals surface area contributed by atoms with Gasteiger partial charge in [0.1, 0.15) is 0 Å². The molecule has 0 radical (unpaired) electrons. The average Bonchev–Trinajstić information content (AvgIpc) is 2.54. The first kappa shape index (κ1) is 16.1. The van der Waals surface area contributed by atoms with Crippen LogP contribution in [0.15, 0.2) is 0 Å². The lowest BCUT2D eigenvalue weighted by molar-refractivity contribution is -0.135. The Morgan fingerprint density at radius 2 is 1.45 bits per heavy atom. The molecule has 0 heterocycles. The van der Waals surface area contributed by atoms with Gasteiger partial charge in [0.25, 0.3) is 5.97 Å². The Balaban J connectivity index is 2.05. The van der Waals surface area contributed by atoms with Crippen LogP contribution in [0.1, 0.15) is 84.0 Å². The molecule has 0 saturated heterocycles. The van der Waals surface area contributed by atoms with Crippen molar-refractivity contribution in [1.82, 2.24) is 0 Å². The fraction of sp³-hybridized carbons (Fsp3) is 0.941. The third-order valence-electron chi connectivity index (χ3n) is 6.17. The summed E-state index contributed by atoms with van der Waals surface area (Å²) < 4.78 is 5.02. The zero-order valence-electron chi connectivity index (χ0n) is 13.5. The summed E-state index contributed by atoms with van der Waals surface area (Å²) in [6.07, 6.45) is 15.7. The number of carbonyl (C=O) groups excluding carboxylic acids is 1. The van der Waals surface area contributed by atoms with Crippen LogP contribution in [0, 0.1) is 17.3 Å². The molecule has 0 amide bonds. The highest BCUT2D eigenvalue weighted by Gasteiger charge is 2.41. The van der Waals surface area contributed by atoms with E-state index in [1.807, 2.05) is 0 Å². The third-order valence-corrected chi connectivity index (χ3v) is 6.63. The minimum absolute atomic E-state index is 0.0366. The van der Waals surface area contributed by atoms with Crippen molar-refractivity contribution >= 4 is 16.5 Å². The van der Waals surface area contributed by atoms with Gasteiger partial charge in [-0.1, -0.05) is 45.4 Å². The summed E-state index contributed by atoms with van der Waals surface area (Å²) in [4.78, 5) is 11.6. The van der Waals surface area contributed by atoms with Crippen molar-refractivity contribution in [2.75, 3.05) is 0 Å². The minimum atomic E-state index is 0.0366. The molecule has 2 aliphatic carbocycles. The molecule has 116 valence electrons. The van der Waals surface area contributed by atoms with Gasteiger partial charge in [0, 0.05) is 6.42 Å². The van der Waals surface area contributed by atoms with Crippen LogP contribution in [0.3, 0.4) is 0 Å². The van der Waals surface area contributed by atoms with Crippen molar-refractivity contribution in [3.8, 4) is 0 Å². The summed E-state index contributed by atoms with van der Waals surface area (Å²) >= 11 is 0. The highest BCUT2D eigenvalue weighted by Crippen LogP contribution is 2.51. The molecule has 2 aliphatic rings. The predicted molar refractivity (Wildman–Crippen MR) is 86.5 cm³/mol. The summed E-state index contributed by atoms with van der Waals surface area (Å²) in [5, 5.41) is 0. The Kier molecular flexibility index (Phi) is 6.13. The van der Waals surface area contributed by atoms with Crippen molar-refractivity contribution in [1.29, 1.82) is 0 Å². The first-order chi connectivity index (χ1) is 9.66. The Morgan fingerprint density at radius 1 is 1.00 bits per heavy atom. The largest absolute Gasteiger partial charge is 0.529 e. The smallest absolute Gasteiger partial charge is 0.291 e. The minimum Gasteiger partial charge on any atom is -0.529 e. The Hall–Kier alpha value is -0.313. The zero-order chi connectivity index (χ0) is 14.4. The maximum absolute atomic E-state index is 11.6. The fourth-order valence-electron chi connectivity index (χ4n) is 4.74. The molecule has 3 heteroatoms. The second kappa shape index (κ2) is 7.63. The van der Waals surface area contributed by atoms with Gasteiger partial charge in [0.2, 0.25) is 10.5 Å². The van der Waals surface area contributed by atoms with Gasteiger partial charge in [0.05, 0.1) is 0 Å². The van der Waals surface area contributed by atoms with Gasteiger partial charge < -0.3 is 4.43 Å². The number of hydrogen-bond donors (Lipinski definition) is 0. The van der Waals surface area contributed by atoms with Crippen LogP contribution in [-0.2, 0) is 9.22 Å². The monoisotopic (exact) mass is 296 g/mol. The Morgan fingerprint density at radius 3 is 1.85 bits per heavy atom. The van der Waals surface area contributed by atoms with Crippen molar-refractivity contribution in [2.24, 2.45) is 17.3 Å². The number of carbonyl (C=O) groups is 1. The number of hydrogen-bond acceptors (Lipinski definition) is 2. The van der Waals surface area contributed by atoms with Crippen molar-refractivity contribution < 1.29 is 9.22 Å². The van der Waals surface area contributed by atoms with Gasteiger partial charge >= 0.3 is 0 Å². The maximum Gasteiger partial charge on any atom is 0.291 e. The van der Waals surface area contributed by atoms with E-state index in [0.29, 0.717) is 22.3 Å². The predicted octanol–water partition coefficient (Wildman–Crippen LogP) is 3.76. The van der Waals surface area contributed by atoms with E-state index in [0.717, 1.165) is 18.3 Å². The lowest BCUT2D eigenvalue weighted by Crippen LogP contribution is -2.38. The van der Waals surface area contributed by atoms with Crippen LogP contribution in [0.5, 0.6) is 0 Å². The van der Waals surface area contributed by atoms with E-state index in [1.54, 1.807) is 0 Å². The number of rotatable bonds is 5. The molecule has 0 unspecified atom stereocenters. The second-order valence-electron chi connectivity index (χ2n) is 7.25. The molecule has 0 aromatic rings. The lowest BCUT2D eigenvalue weighted by Gasteiger charge is -2.47. The van der Waals surface area contributed by atoms with E-state index in [1.165, 1.54) is 64.2 Å². The molecule has 2 rings (SSSR count). The van der Waals surface area contributed by atoms with Gasteiger partial charge in [-0.05, 0) is 49.4 Å². The first-order valence-corrected chi connectivity index (χ1v) is 9.55. The van der Waals surface area contributed by atoms with Gasteiger partial charge in [-0.15, -0.1) is 0 Å². The van der Waals surface area contributed by atoms with Crippen molar-refractivity contribution in [3.05, 3.63) is 0 Å². The van der Waals surface area contributed by atoms with Gasteiger partial charge in [0.15, 0.2) is 0 Å². The van der Waals surface area contributed by atoms with Crippen molar-refractivity contribution in [2.45, 2.75) is 84.0 Å². The highest BCUT2D eigenvalue weighted by molar-refractivity contribution is 6.05. The molecule has 2 nitrogen and oxygen atoms in total. The Bertz CT molecular complexity index is 286. The SMILES string of the molecule is CC(CCC(=O)O[SiH3])(C1CCCCC1)C1CCCCC1. The van der Waals surface area contributed by atoms with Gasteiger partial charge in [-0.25, -0.2) is 0 Å². The summed E-state index contributed by atoms with van der Waals surface area (Å²) in [5.74, 6) is 1.73. The summed E-state index contributed by atoms with van der Waals surface area (Å²) in [6, 6.07) is 0. The van der Waals surface area contributed by atoms with Crippen LogP contribution in [-0.4, -0.2) is 16.5 Å². The van der Waals surface area contributed by atoms with E-state index >= 15 is 0 Å². The summed E-state index contributed by atoms with van der Waals surface area (Å²) in [5.41, 5.74) is 0.386. The van der Waals surface area contributed by atoms with E-state index in [9.17, 15) is 4.79 Å². The van der Waals surface area contributed by atoms with Gasteiger partial charge in [-0.2, -0.15) is 0 Å². The average molecular weight is 297 g/mol. The molecular formula is C17H32O2Si. The van der Waals surface area contributed by atoms with Crippen molar-refractivity contribution in [3.63, 3.8) is 0 Å². The van der Waals surface area contributed by atoms with Crippen LogP contribution in [0.25, 0.3) is 0 Å². The zero-order valence-corrected chi connectivity index (χ0v) is 15.5. The lowest BCUT2D eigenvalue weighted by atomic mass is 9.58. The molecule has 0 aromatic heterocycles. The van der Waals surface area contributed by atoms with E-state index < -0.39 is 0 Å². The summed E-state index contributed by atoms with van der Waals surface area (Å²) in [6.45, 7) is 2.50. The molecular weight excluding hydrogens is 264 g/mol. The van der Waals surface area contributed by atoms with E-state index in [4.69, 9.17) is 4.43 Å². The molecule has 0 bridgehead atoms. The first-order valence-electron chi connectivity index (χ1n) is 8.73. The molecule has 2 saturated carbocycles. The maximum atomic E-state index is 11.6. The van der Waals surface area contributed by atoms with Gasteiger partial charge in [-0.3, -0.25) is 4.79 Å². The molecule has 2 fully saturated rings. The fourth-order valence-corrected chi connectivity index (χ4v) is 4.94. The molecule has 0 atom stereocenters. The topological polar surface area (TPSA) is 26.3 Å². The Labute approximate surface area is 127 Å². The molecule has 0 N–H and O–H groups in total. The van der Waals surface area contributed by atoms with Crippen LogP contribution in [0.4, 0.5) is 0 Å². The molecule has 0 aromatic carbocycles. The van der Waals surface area contributed by atoms with E-state index in [-0.39, 0.29) is 5.97 Å². The normalized spacial score (nSPS) is 22.9. The van der Waals surface area contributed by atoms with Crippen LogP contribution < -0.4 is 0 Å². The molecule has 20 heavy (non-hydrogen) atoms. The standard InChI is InChI=1S/C17H32O2Si/c1-17(13-12-16(18)19-20,14-8-4-2-5-9-14)15-10-6-3-7-11-15/h14-15H,2-13H2,1,20H3. The van der Waals surface area contributed by atoms with Crippen LogP contribution in [0.2, 0.25) is 0 Å². The third kappa shape index (κ3) is 3.87. The molecule has 0 spiro atoms.